The van der Waals surface area contributed by atoms with Gasteiger partial charge >= 0.3 is 13.3 Å². The Morgan fingerprint density at radius 2 is 1.75 bits per heavy atom. The fraction of sp³-hybridized carbons (Fsp3) is 0.606. The SMILES string of the molecule is C[C@H]1C[C@@]2(CCN1c1cc(B3OC(C)(C)C(C)(C)O3)ccc1CC1CC1)N=C(c1ccc(C(F)(F)F)nc1C1CC1)NC2=O. The van der Waals surface area contributed by atoms with Crippen LogP contribution in [0.1, 0.15) is 102 Å². The van der Waals surface area contributed by atoms with Crippen LogP contribution in [0.15, 0.2) is 35.3 Å². The number of rotatable bonds is 6. The summed E-state index contributed by atoms with van der Waals surface area (Å²) in [5.41, 5.74) is 1.55. The summed E-state index contributed by atoms with van der Waals surface area (Å²) in [5, 5.41) is 2.93. The normalized spacial score (nSPS) is 28.0. The largest absolute Gasteiger partial charge is 0.494 e. The van der Waals surface area contributed by atoms with E-state index < -0.39 is 35.7 Å². The second kappa shape index (κ2) is 10.0. The summed E-state index contributed by atoms with van der Waals surface area (Å²) in [7, 11) is -0.467. The van der Waals surface area contributed by atoms with Crippen molar-refractivity contribution in [2.24, 2.45) is 10.9 Å². The third-order valence-corrected chi connectivity index (χ3v) is 10.5. The molecule has 4 fully saturated rings. The molecule has 2 aromatic rings. The zero-order valence-electron chi connectivity index (χ0n) is 26.1. The quantitative estimate of drug-likeness (QED) is 0.437. The molecule has 0 radical (unpaired) electrons. The number of hydrogen-bond acceptors (Lipinski definition) is 6. The first-order valence-electron chi connectivity index (χ1n) is 15.9. The predicted molar refractivity (Wildman–Crippen MR) is 163 cm³/mol. The lowest BCUT2D eigenvalue weighted by Crippen LogP contribution is -2.53. The van der Waals surface area contributed by atoms with Crippen LogP contribution in [0.5, 0.6) is 0 Å². The van der Waals surface area contributed by atoms with Gasteiger partial charge in [0, 0.05) is 36.2 Å². The standard InChI is InChI=1S/C33H40BF3N4O3/c1-19-18-32(29(42)39-28(40-32)24-12-13-26(33(35,36)37)38-27(24)21-8-9-21)14-15-41(19)25-17-23(11-10-22(25)16-20-6-7-20)34-43-30(2,3)31(4,5)44-34/h10-13,17,19-21H,6-9,14-16,18H2,1-5H3,(H,39,40,42)/t19-,32+/m0/s1. The third kappa shape index (κ3) is 5.23. The van der Waals surface area contributed by atoms with Gasteiger partial charge in [-0.15, -0.1) is 0 Å². The molecular formula is C33H40BF3N4O3. The van der Waals surface area contributed by atoms with Crippen LogP contribution in [0.4, 0.5) is 18.9 Å². The van der Waals surface area contributed by atoms with E-state index in [2.05, 4.69) is 68.0 Å². The number of anilines is 1. The summed E-state index contributed by atoms with van der Waals surface area (Å²) < 4.78 is 53.0. The molecular weight excluding hydrogens is 568 g/mol. The van der Waals surface area contributed by atoms with E-state index in [0.717, 1.165) is 36.5 Å². The zero-order valence-corrected chi connectivity index (χ0v) is 26.1. The number of amidine groups is 1. The molecule has 1 N–H and O–H groups in total. The number of benzene rings is 1. The Morgan fingerprint density at radius 1 is 1.05 bits per heavy atom. The van der Waals surface area contributed by atoms with Gasteiger partial charge in [-0.1, -0.05) is 12.1 Å². The summed E-state index contributed by atoms with van der Waals surface area (Å²) in [5.74, 6) is 0.819. The van der Waals surface area contributed by atoms with Crippen molar-refractivity contribution in [1.82, 2.24) is 10.3 Å². The Morgan fingerprint density at radius 3 is 2.36 bits per heavy atom. The minimum atomic E-state index is -4.52. The molecule has 2 aliphatic carbocycles. The van der Waals surface area contributed by atoms with Crippen LogP contribution in [0.2, 0.25) is 0 Å². The lowest BCUT2D eigenvalue weighted by molar-refractivity contribution is -0.141. The molecule has 7 nitrogen and oxygen atoms in total. The minimum absolute atomic E-state index is 0.00210. The molecule has 2 atom stereocenters. The smallest absolute Gasteiger partial charge is 0.399 e. The number of piperidine rings is 1. The fourth-order valence-electron chi connectivity index (χ4n) is 6.82. The average molecular weight is 609 g/mol. The van der Waals surface area contributed by atoms with Crippen LogP contribution in [-0.2, 0) is 26.7 Å². The molecule has 0 unspecified atom stereocenters. The molecule has 3 aliphatic heterocycles. The van der Waals surface area contributed by atoms with Crippen LogP contribution < -0.4 is 15.7 Å². The van der Waals surface area contributed by atoms with E-state index in [1.165, 1.54) is 24.5 Å². The number of aromatic nitrogens is 1. The highest BCUT2D eigenvalue weighted by Crippen LogP contribution is 2.44. The Bertz CT molecular complexity index is 1520. The second-order valence-corrected chi connectivity index (χ2v) is 14.5. The molecule has 1 amide bonds. The van der Waals surface area contributed by atoms with Crippen molar-refractivity contribution >= 4 is 30.0 Å². The summed E-state index contributed by atoms with van der Waals surface area (Å²) in [4.78, 5) is 24.8. The van der Waals surface area contributed by atoms with Gasteiger partial charge in [0.2, 0.25) is 0 Å². The van der Waals surface area contributed by atoms with Crippen molar-refractivity contribution in [2.75, 3.05) is 11.4 Å². The van der Waals surface area contributed by atoms with Gasteiger partial charge in [0.15, 0.2) is 0 Å². The number of carbonyl (C=O) groups excluding carboxylic acids is 1. The maximum atomic E-state index is 13.5. The van der Waals surface area contributed by atoms with E-state index >= 15 is 0 Å². The number of aliphatic imine (C=N–C) groups is 1. The number of halogens is 3. The first kappa shape index (κ1) is 29.8. The lowest BCUT2D eigenvalue weighted by atomic mass is 9.77. The summed E-state index contributed by atoms with van der Waals surface area (Å²) in [6.45, 7) is 11.0. The molecule has 11 heteroatoms. The van der Waals surface area contributed by atoms with Crippen molar-refractivity contribution < 1.29 is 27.3 Å². The Balaban J connectivity index is 1.17. The van der Waals surface area contributed by atoms with Crippen LogP contribution in [-0.4, -0.2) is 53.2 Å². The molecule has 44 heavy (non-hydrogen) atoms. The van der Waals surface area contributed by atoms with Crippen LogP contribution >= 0.6 is 0 Å². The van der Waals surface area contributed by atoms with Crippen molar-refractivity contribution in [3.05, 3.63) is 52.8 Å². The van der Waals surface area contributed by atoms with Crippen LogP contribution in [0, 0.1) is 5.92 Å². The van der Waals surface area contributed by atoms with Gasteiger partial charge < -0.3 is 19.5 Å². The van der Waals surface area contributed by atoms with E-state index in [-0.39, 0.29) is 17.9 Å². The predicted octanol–water partition coefficient (Wildman–Crippen LogP) is 5.53. The van der Waals surface area contributed by atoms with E-state index in [1.54, 1.807) is 0 Å². The number of alkyl halides is 3. The number of carbonyl (C=O) groups is 1. The Hall–Kier alpha value is -2.92. The number of pyridine rings is 1. The van der Waals surface area contributed by atoms with Gasteiger partial charge in [-0.05, 0) is 108 Å². The highest BCUT2D eigenvalue weighted by Gasteiger charge is 2.53. The molecule has 4 heterocycles. The molecule has 5 aliphatic rings. The van der Waals surface area contributed by atoms with Gasteiger partial charge in [0.25, 0.3) is 5.91 Å². The number of amides is 1. The van der Waals surface area contributed by atoms with E-state index in [0.29, 0.717) is 42.4 Å². The third-order valence-electron chi connectivity index (χ3n) is 10.5. The van der Waals surface area contributed by atoms with E-state index in [1.807, 2.05) is 0 Å². The molecule has 7 rings (SSSR count). The van der Waals surface area contributed by atoms with Gasteiger partial charge in [-0.25, -0.2) is 4.98 Å². The Kier molecular flexibility index (Phi) is 6.80. The minimum Gasteiger partial charge on any atom is -0.399 e. The zero-order chi connectivity index (χ0) is 31.2. The summed E-state index contributed by atoms with van der Waals surface area (Å²) in [6.07, 6.45) is 1.56. The fourth-order valence-corrected chi connectivity index (χ4v) is 6.82. The van der Waals surface area contributed by atoms with Crippen molar-refractivity contribution in [3.8, 4) is 0 Å². The molecule has 1 aromatic heterocycles. The van der Waals surface area contributed by atoms with Gasteiger partial charge in [0.1, 0.15) is 17.1 Å². The van der Waals surface area contributed by atoms with E-state index in [9.17, 15) is 18.0 Å². The van der Waals surface area contributed by atoms with Gasteiger partial charge in [-0.2, -0.15) is 13.2 Å². The number of nitrogens with zero attached hydrogens (tertiary/aromatic N) is 3. The maximum absolute atomic E-state index is 13.5. The summed E-state index contributed by atoms with van der Waals surface area (Å²) in [6, 6.07) is 8.94. The van der Waals surface area contributed by atoms with Crippen LogP contribution in [0.3, 0.4) is 0 Å². The first-order chi connectivity index (χ1) is 20.7. The second-order valence-electron chi connectivity index (χ2n) is 14.5. The Labute approximate surface area is 257 Å². The number of hydrogen-bond donors (Lipinski definition) is 1. The molecule has 2 saturated carbocycles. The van der Waals surface area contributed by atoms with Crippen LogP contribution in [0.25, 0.3) is 0 Å². The topological polar surface area (TPSA) is 76.1 Å². The van der Waals surface area contributed by atoms with Crippen molar-refractivity contribution in [3.63, 3.8) is 0 Å². The first-order valence-corrected chi connectivity index (χ1v) is 15.9. The monoisotopic (exact) mass is 608 g/mol. The lowest BCUT2D eigenvalue weighted by Gasteiger charge is -2.43. The highest BCUT2D eigenvalue weighted by atomic mass is 19.4. The average Bonchev–Trinajstić information content (AvgIpc) is 3.87. The summed E-state index contributed by atoms with van der Waals surface area (Å²) >= 11 is 0. The van der Waals surface area contributed by atoms with Gasteiger partial charge in [-0.3, -0.25) is 9.79 Å². The molecule has 0 bridgehead atoms. The van der Waals surface area contributed by atoms with Crippen molar-refractivity contribution in [1.29, 1.82) is 0 Å². The molecule has 1 aromatic carbocycles. The molecule has 1 spiro atoms. The highest BCUT2D eigenvalue weighted by molar-refractivity contribution is 6.62. The molecule has 2 saturated heterocycles. The van der Waals surface area contributed by atoms with Crippen molar-refractivity contribution in [2.45, 2.75) is 114 Å². The molecule has 234 valence electrons. The number of nitrogens with one attached hydrogen (secondary N) is 1. The van der Waals surface area contributed by atoms with E-state index in [4.69, 9.17) is 14.3 Å². The maximum Gasteiger partial charge on any atom is 0.494 e. The van der Waals surface area contributed by atoms with Gasteiger partial charge in [0.05, 0.1) is 16.9 Å².